The zero-order chi connectivity index (χ0) is 24.5. The van der Waals surface area contributed by atoms with Crippen molar-refractivity contribution in [3.05, 3.63) is 52.8 Å². The van der Waals surface area contributed by atoms with Crippen molar-refractivity contribution >= 4 is 11.7 Å². The number of benzene rings is 1. The summed E-state index contributed by atoms with van der Waals surface area (Å²) >= 11 is 0. The smallest absolute Gasteiger partial charge is 0.227 e. The van der Waals surface area contributed by atoms with Crippen LogP contribution in [0.2, 0.25) is 0 Å². The van der Waals surface area contributed by atoms with Crippen LogP contribution in [-0.4, -0.2) is 64.6 Å². The normalized spacial score (nSPS) is 17.8. The largest absolute Gasteiger partial charge is 0.493 e. The van der Waals surface area contributed by atoms with E-state index in [9.17, 15) is 4.79 Å². The molecule has 0 aliphatic carbocycles. The van der Waals surface area contributed by atoms with Gasteiger partial charge in [0.05, 0.1) is 25.8 Å². The van der Waals surface area contributed by atoms with Crippen molar-refractivity contribution in [2.45, 2.75) is 39.7 Å². The highest BCUT2D eigenvalue weighted by atomic mass is 16.5. The van der Waals surface area contributed by atoms with Crippen LogP contribution in [0.25, 0.3) is 5.82 Å². The number of aryl methyl sites for hydroxylation is 2. The number of rotatable bonds is 5. The Bertz CT molecular complexity index is 1220. The fourth-order valence-electron chi connectivity index (χ4n) is 5.18. The number of amides is 1. The number of methoxy groups -OCH3 is 2. The monoisotopic (exact) mass is 476 g/mol. The highest BCUT2D eigenvalue weighted by Crippen LogP contribution is 2.34. The molecule has 1 saturated heterocycles. The highest BCUT2D eigenvalue weighted by molar-refractivity contribution is 5.80. The molecule has 9 heteroatoms. The second-order valence-corrected chi connectivity index (χ2v) is 9.36. The second kappa shape index (κ2) is 9.56. The molecule has 3 aromatic rings. The summed E-state index contributed by atoms with van der Waals surface area (Å²) in [7, 11) is 3.29. The number of anilines is 1. The summed E-state index contributed by atoms with van der Waals surface area (Å²) < 4.78 is 12.7. The molecule has 5 rings (SSSR count). The Morgan fingerprint density at radius 2 is 1.69 bits per heavy atom. The Morgan fingerprint density at radius 1 is 0.971 bits per heavy atom. The van der Waals surface area contributed by atoms with E-state index in [-0.39, 0.29) is 11.8 Å². The molecule has 2 aliphatic rings. The first-order valence-electron chi connectivity index (χ1n) is 12.1. The van der Waals surface area contributed by atoms with Gasteiger partial charge in [-0.15, -0.1) is 10.2 Å². The summed E-state index contributed by atoms with van der Waals surface area (Å²) in [6, 6.07) is 9.97. The molecule has 4 heterocycles. The van der Waals surface area contributed by atoms with E-state index in [1.54, 1.807) is 18.9 Å². The van der Waals surface area contributed by atoms with Gasteiger partial charge >= 0.3 is 0 Å². The number of piperidine rings is 1. The second-order valence-electron chi connectivity index (χ2n) is 9.36. The molecule has 1 aromatic carbocycles. The number of ether oxygens (including phenoxy) is 2. The van der Waals surface area contributed by atoms with Crippen LogP contribution in [-0.2, 0) is 17.8 Å². The van der Waals surface area contributed by atoms with Gasteiger partial charge in [-0.1, -0.05) is 0 Å². The van der Waals surface area contributed by atoms with E-state index in [2.05, 4.69) is 20.2 Å². The first kappa shape index (κ1) is 23.1. The molecule has 2 aromatic heterocycles. The molecule has 0 spiro atoms. The molecular formula is C26H32N6O3. The number of hydrogen-bond acceptors (Lipinski definition) is 7. The molecule has 9 nitrogen and oxygen atoms in total. The third-order valence-corrected chi connectivity index (χ3v) is 6.99. The number of fused-ring (bicyclic) bond motifs is 1. The predicted octanol–water partition coefficient (Wildman–Crippen LogP) is 3.10. The maximum absolute atomic E-state index is 13.5. The van der Waals surface area contributed by atoms with Gasteiger partial charge in [0.15, 0.2) is 23.1 Å². The van der Waals surface area contributed by atoms with E-state index in [0.717, 1.165) is 60.9 Å². The molecule has 2 aliphatic heterocycles. The fourth-order valence-corrected chi connectivity index (χ4v) is 5.18. The Morgan fingerprint density at radius 3 is 2.34 bits per heavy atom. The minimum atomic E-state index is -0.0528. The van der Waals surface area contributed by atoms with Crippen molar-refractivity contribution < 1.29 is 14.3 Å². The van der Waals surface area contributed by atoms with Crippen molar-refractivity contribution in [2.75, 3.05) is 38.8 Å². The zero-order valence-electron chi connectivity index (χ0n) is 20.8. The van der Waals surface area contributed by atoms with Crippen LogP contribution in [0.3, 0.4) is 0 Å². The molecule has 0 bridgehead atoms. The fraction of sp³-hybridized carbons (Fsp3) is 0.462. The number of nitrogens with zero attached hydrogens (tertiary/aromatic N) is 6. The van der Waals surface area contributed by atoms with Crippen LogP contribution in [0.5, 0.6) is 11.5 Å². The van der Waals surface area contributed by atoms with Crippen molar-refractivity contribution in [1.82, 2.24) is 24.9 Å². The number of hydrogen-bond donors (Lipinski definition) is 0. The molecule has 1 atom stereocenters. The molecule has 0 N–H and O–H groups in total. The van der Waals surface area contributed by atoms with Crippen LogP contribution in [0.15, 0.2) is 30.3 Å². The van der Waals surface area contributed by atoms with Gasteiger partial charge in [0.25, 0.3) is 0 Å². The Labute approximate surface area is 205 Å². The van der Waals surface area contributed by atoms with Crippen LogP contribution >= 0.6 is 0 Å². The van der Waals surface area contributed by atoms with Gasteiger partial charge in [-0.05, 0) is 74.6 Å². The molecule has 184 valence electrons. The topological polar surface area (TPSA) is 85.6 Å². The van der Waals surface area contributed by atoms with E-state index in [1.807, 2.05) is 49.1 Å². The summed E-state index contributed by atoms with van der Waals surface area (Å²) in [5, 5.41) is 13.4. The van der Waals surface area contributed by atoms with Crippen molar-refractivity contribution in [3.63, 3.8) is 0 Å². The van der Waals surface area contributed by atoms with E-state index >= 15 is 0 Å². The van der Waals surface area contributed by atoms with Crippen LogP contribution < -0.4 is 14.4 Å². The first-order valence-corrected chi connectivity index (χ1v) is 12.1. The number of aromatic nitrogens is 4. The van der Waals surface area contributed by atoms with Crippen LogP contribution in [0.4, 0.5) is 5.82 Å². The van der Waals surface area contributed by atoms with Gasteiger partial charge in [0, 0.05) is 31.9 Å². The molecule has 35 heavy (non-hydrogen) atoms. The third kappa shape index (κ3) is 4.54. The summed E-state index contributed by atoms with van der Waals surface area (Å²) in [4.78, 5) is 17.7. The summed E-state index contributed by atoms with van der Waals surface area (Å²) in [5.74, 6) is 3.09. The lowest BCUT2D eigenvalue weighted by molar-refractivity contribution is -0.136. The standard InChI is InChI=1S/C26H32N6O3/c1-17-12-18(2)32(29-17)25-8-7-24(27-28-25)30-10-5-6-20(15-30)26(33)31-11-9-19-13-22(34-3)23(35-4)14-21(19)16-31/h7-8,12-14,20H,5-6,9-11,15-16H2,1-4H3. The van der Waals surface area contributed by atoms with E-state index < -0.39 is 0 Å². The van der Waals surface area contributed by atoms with E-state index in [1.165, 1.54) is 5.56 Å². The van der Waals surface area contributed by atoms with Gasteiger partial charge in [-0.2, -0.15) is 5.10 Å². The third-order valence-electron chi connectivity index (χ3n) is 6.99. The Balaban J connectivity index is 1.27. The lowest BCUT2D eigenvalue weighted by Crippen LogP contribution is -2.46. The maximum atomic E-state index is 13.5. The molecule has 0 saturated carbocycles. The van der Waals surface area contributed by atoms with Crippen LogP contribution in [0, 0.1) is 19.8 Å². The molecule has 0 radical (unpaired) electrons. The summed E-state index contributed by atoms with van der Waals surface area (Å²) in [5.41, 5.74) is 4.31. The van der Waals surface area contributed by atoms with Gasteiger partial charge in [0.2, 0.25) is 5.91 Å². The van der Waals surface area contributed by atoms with Gasteiger partial charge < -0.3 is 19.3 Å². The van der Waals surface area contributed by atoms with Gasteiger partial charge in [0.1, 0.15) is 0 Å². The Hall–Kier alpha value is -3.62. The molecular weight excluding hydrogens is 444 g/mol. The van der Waals surface area contributed by atoms with Crippen molar-refractivity contribution in [1.29, 1.82) is 0 Å². The average Bonchev–Trinajstić information content (AvgIpc) is 3.24. The average molecular weight is 477 g/mol. The SMILES string of the molecule is COc1cc2c(cc1OC)CN(C(=O)C1CCCN(c3ccc(-n4nc(C)cc4C)nn3)C1)CC2. The minimum Gasteiger partial charge on any atom is -0.493 e. The zero-order valence-corrected chi connectivity index (χ0v) is 20.8. The van der Waals surface area contributed by atoms with Gasteiger partial charge in [-0.25, -0.2) is 4.68 Å². The Kier molecular flexibility index (Phi) is 6.32. The predicted molar refractivity (Wildman–Crippen MR) is 132 cm³/mol. The quantitative estimate of drug-likeness (QED) is 0.559. The lowest BCUT2D eigenvalue weighted by atomic mass is 9.93. The minimum absolute atomic E-state index is 0.0528. The first-order chi connectivity index (χ1) is 17.0. The van der Waals surface area contributed by atoms with E-state index in [4.69, 9.17) is 9.47 Å². The highest BCUT2D eigenvalue weighted by Gasteiger charge is 2.32. The summed E-state index contributed by atoms with van der Waals surface area (Å²) in [6.45, 7) is 6.81. The van der Waals surface area contributed by atoms with Crippen molar-refractivity contribution in [2.24, 2.45) is 5.92 Å². The number of carbonyl (C=O) groups is 1. The van der Waals surface area contributed by atoms with E-state index in [0.29, 0.717) is 24.7 Å². The number of carbonyl (C=O) groups excluding carboxylic acids is 1. The van der Waals surface area contributed by atoms with Crippen LogP contribution in [0.1, 0.15) is 35.4 Å². The lowest BCUT2D eigenvalue weighted by Gasteiger charge is -2.37. The maximum Gasteiger partial charge on any atom is 0.227 e. The van der Waals surface area contributed by atoms with Crippen molar-refractivity contribution in [3.8, 4) is 17.3 Å². The molecule has 1 fully saturated rings. The molecule has 1 unspecified atom stereocenters. The molecule has 1 amide bonds. The van der Waals surface area contributed by atoms with Gasteiger partial charge in [-0.3, -0.25) is 4.79 Å². The summed E-state index contributed by atoms with van der Waals surface area (Å²) in [6.07, 6.45) is 2.66.